The van der Waals surface area contributed by atoms with E-state index in [2.05, 4.69) is 15.3 Å². The molecule has 2 aromatic carbocycles. The SMILES string of the molecule is O=C(Nc1ccc2nc(-c3ccccc3)[nH]c2c1)C1CCOC1. The van der Waals surface area contributed by atoms with Crippen molar-refractivity contribution >= 4 is 22.6 Å². The summed E-state index contributed by atoms with van der Waals surface area (Å²) >= 11 is 0. The lowest BCUT2D eigenvalue weighted by atomic mass is 10.1. The van der Waals surface area contributed by atoms with E-state index in [4.69, 9.17) is 4.74 Å². The molecule has 0 aliphatic carbocycles. The van der Waals surface area contributed by atoms with Crippen LogP contribution in [0.4, 0.5) is 5.69 Å². The lowest BCUT2D eigenvalue weighted by molar-refractivity contribution is -0.119. The molecule has 0 spiro atoms. The third-order valence-corrected chi connectivity index (χ3v) is 4.10. The fourth-order valence-corrected chi connectivity index (χ4v) is 2.81. The number of hydrogen-bond donors (Lipinski definition) is 2. The van der Waals surface area contributed by atoms with Gasteiger partial charge in [0.2, 0.25) is 5.91 Å². The second-order valence-electron chi connectivity index (χ2n) is 5.73. The largest absolute Gasteiger partial charge is 0.381 e. The Bertz CT molecular complexity index is 836. The lowest BCUT2D eigenvalue weighted by Gasteiger charge is -2.09. The number of ether oxygens (including phenoxy) is 1. The Hall–Kier alpha value is -2.66. The number of benzene rings is 2. The van der Waals surface area contributed by atoms with Crippen LogP contribution in [0.3, 0.4) is 0 Å². The van der Waals surface area contributed by atoms with Crippen LogP contribution in [0.1, 0.15) is 6.42 Å². The van der Waals surface area contributed by atoms with Gasteiger partial charge >= 0.3 is 0 Å². The van der Waals surface area contributed by atoms with Crippen molar-refractivity contribution in [3.8, 4) is 11.4 Å². The lowest BCUT2D eigenvalue weighted by Crippen LogP contribution is -2.22. The molecule has 5 nitrogen and oxygen atoms in total. The molecule has 1 aromatic heterocycles. The molecular weight excluding hydrogens is 290 g/mol. The Morgan fingerprint density at radius 2 is 2.09 bits per heavy atom. The first kappa shape index (κ1) is 14.0. The molecule has 23 heavy (non-hydrogen) atoms. The van der Waals surface area contributed by atoms with Gasteiger partial charge in [0, 0.05) is 17.9 Å². The molecule has 0 radical (unpaired) electrons. The Labute approximate surface area is 133 Å². The van der Waals surface area contributed by atoms with Gasteiger partial charge in [-0.1, -0.05) is 30.3 Å². The molecule has 2 N–H and O–H groups in total. The molecule has 1 aliphatic heterocycles. The maximum atomic E-state index is 12.2. The molecule has 3 aromatic rings. The van der Waals surface area contributed by atoms with Gasteiger partial charge in [-0.25, -0.2) is 4.98 Å². The summed E-state index contributed by atoms with van der Waals surface area (Å²) in [5.41, 5.74) is 3.60. The quantitative estimate of drug-likeness (QED) is 0.781. The highest BCUT2D eigenvalue weighted by Crippen LogP contribution is 2.23. The van der Waals surface area contributed by atoms with Crippen LogP contribution in [-0.2, 0) is 9.53 Å². The van der Waals surface area contributed by atoms with Crippen molar-refractivity contribution in [2.75, 3.05) is 18.5 Å². The van der Waals surface area contributed by atoms with Gasteiger partial charge in [0.05, 0.1) is 23.6 Å². The smallest absolute Gasteiger partial charge is 0.229 e. The van der Waals surface area contributed by atoms with E-state index in [1.165, 1.54) is 0 Å². The molecule has 0 saturated carbocycles. The third kappa shape index (κ3) is 2.83. The Morgan fingerprint density at radius 3 is 2.87 bits per heavy atom. The molecule has 116 valence electrons. The molecule has 2 heterocycles. The van der Waals surface area contributed by atoms with E-state index in [1.807, 2.05) is 48.5 Å². The van der Waals surface area contributed by atoms with Crippen LogP contribution in [0.25, 0.3) is 22.4 Å². The van der Waals surface area contributed by atoms with E-state index in [0.29, 0.717) is 13.2 Å². The monoisotopic (exact) mass is 307 g/mol. The first-order chi connectivity index (χ1) is 11.3. The van der Waals surface area contributed by atoms with E-state index >= 15 is 0 Å². The number of nitrogens with one attached hydrogen (secondary N) is 2. The molecule has 1 unspecified atom stereocenters. The number of rotatable bonds is 3. The predicted octanol–water partition coefficient (Wildman–Crippen LogP) is 3.20. The van der Waals surface area contributed by atoms with Gasteiger partial charge in [0.25, 0.3) is 0 Å². The molecule has 5 heteroatoms. The van der Waals surface area contributed by atoms with Crippen LogP contribution in [0.15, 0.2) is 48.5 Å². The van der Waals surface area contributed by atoms with Crippen LogP contribution >= 0.6 is 0 Å². The number of nitrogens with zero attached hydrogens (tertiary/aromatic N) is 1. The van der Waals surface area contributed by atoms with Crippen LogP contribution in [-0.4, -0.2) is 29.1 Å². The molecule has 1 saturated heterocycles. The summed E-state index contributed by atoms with van der Waals surface area (Å²) in [4.78, 5) is 20.1. The van der Waals surface area contributed by atoms with Gasteiger partial charge in [0.15, 0.2) is 0 Å². The maximum Gasteiger partial charge on any atom is 0.229 e. The summed E-state index contributed by atoms with van der Waals surface area (Å²) in [6.45, 7) is 1.17. The van der Waals surface area contributed by atoms with Gasteiger partial charge in [-0.05, 0) is 24.6 Å². The Balaban J connectivity index is 1.59. The summed E-state index contributed by atoms with van der Waals surface area (Å²) in [5.74, 6) is 0.797. The minimum atomic E-state index is -0.0488. The average molecular weight is 307 g/mol. The Kier molecular flexibility index (Phi) is 3.55. The van der Waals surface area contributed by atoms with Crippen molar-refractivity contribution in [2.24, 2.45) is 5.92 Å². The van der Waals surface area contributed by atoms with Crippen LogP contribution in [0, 0.1) is 5.92 Å². The molecule has 0 bridgehead atoms. The molecule has 1 fully saturated rings. The fraction of sp³-hybridized carbons (Fsp3) is 0.222. The zero-order chi connectivity index (χ0) is 15.6. The van der Waals surface area contributed by atoms with Gasteiger partial charge in [-0.2, -0.15) is 0 Å². The highest BCUT2D eigenvalue weighted by Gasteiger charge is 2.23. The zero-order valence-corrected chi connectivity index (χ0v) is 12.6. The molecule has 1 atom stereocenters. The number of aromatic amines is 1. The number of hydrogen-bond acceptors (Lipinski definition) is 3. The minimum Gasteiger partial charge on any atom is -0.381 e. The highest BCUT2D eigenvalue weighted by molar-refractivity contribution is 5.95. The van der Waals surface area contributed by atoms with Gasteiger partial charge in [-0.3, -0.25) is 4.79 Å². The van der Waals surface area contributed by atoms with E-state index < -0.39 is 0 Å². The summed E-state index contributed by atoms with van der Waals surface area (Å²) < 4.78 is 5.26. The van der Waals surface area contributed by atoms with Gasteiger partial charge in [-0.15, -0.1) is 0 Å². The molecule has 1 amide bonds. The van der Waals surface area contributed by atoms with Crippen LogP contribution in [0.2, 0.25) is 0 Å². The molecular formula is C18H17N3O2. The second kappa shape index (κ2) is 5.85. The normalized spacial score (nSPS) is 17.5. The third-order valence-electron chi connectivity index (χ3n) is 4.10. The topological polar surface area (TPSA) is 67.0 Å². The maximum absolute atomic E-state index is 12.2. The van der Waals surface area contributed by atoms with E-state index in [0.717, 1.165) is 34.5 Å². The Morgan fingerprint density at radius 1 is 1.22 bits per heavy atom. The summed E-state index contributed by atoms with van der Waals surface area (Å²) in [6.07, 6.45) is 0.788. The van der Waals surface area contributed by atoms with Crippen LogP contribution < -0.4 is 5.32 Å². The van der Waals surface area contributed by atoms with E-state index in [1.54, 1.807) is 0 Å². The number of imidazole rings is 1. The number of aromatic nitrogens is 2. The molecule has 1 aliphatic rings. The minimum absolute atomic E-state index is 0.0182. The van der Waals surface area contributed by atoms with E-state index in [-0.39, 0.29) is 11.8 Å². The van der Waals surface area contributed by atoms with E-state index in [9.17, 15) is 4.79 Å². The summed E-state index contributed by atoms with van der Waals surface area (Å²) in [6, 6.07) is 15.7. The van der Waals surface area contributed by atoms with Crippen molar-refractivity contribution in [3.63, 3.8) is 0 Å². The number of fused-ring (bicyclic) bond motifs is 1. The van der Waals surface area contributed by atoms with Crippen molar-refractivity contribution in [1.82, 2.24) is 9.97 Å². The van der Waals surface area contributed by atoms with Gasteiger partial charge < -0.3 is 15.0 Å². The first-order valence-corrected chi connectivity index (χ1v) is 7.73. The summed E-state index contributed by atoms with van der Waals surface area (Å²) in [5, 5.41) is 2.96. The number of amides is 1. The highest BCUT2D eigenvalue weighted by atomic mass is 16.5. The van der Waals surface area contributed by atoms with Crippen molar-refractivity contribution in [1.29, 1.82) is 0 Å². The van der Waals surface area contributed by atoms with Crippen molar-refractivity contribution in [2.45, 2.75) is 6.42 Å². The molecule has 4 rings (SSSR count). The van der Waals surface area contributed by atoms with Gasteiger partial charge in [0.1, 0.15) is 5.82 Å². The second-order valence-corrected chi connectivity index (χ2v) is 5.73. The fourth-order valence-electron chi connectivity index (χ4n) is 2.81. The summed E-state index contributed by atoms with van der Waals surface area (Å²) in [7, 11) is 0. The standard InChI is InChI=1S/C18H17N3O2/c22-18(13-8-9-23-11-13)19-14-6-7-15-16(10-14)21-17(20-15)12-4-2-1-3-5-12/h1-7,10,13H,8-9,11H2,(H,19,22)(H,20,21). The number of carbonyl (C=O) groups excluding carboxylic acids is 1. The number of carbonyl (C=O) groups is 1. The average Bonchev–Trinajstić information content (AvgIpc) is 3.25. The van der Waals surface area contributed by atoms with Crippen LogP contribution in [0.5, 0.6) is 0 Å². The number of anilines is 1. The first-order valence-electron chi connectivity index (χ1n) is 7.73. The zero-order valence-electron chi connectivity index (χ0n) is 12.6. The van der Waals surface area contributed by atoms with Crippen molar-refractivity contribution < 1.29 is 9.53 Å². The number of H-pyrrole nitrogens is 1. The predicted molar refractivity (Wildman–Crippen MR) is 89.1 cm³/mol. The van der Waals surface area contributed by atoms with Crippen molar-refractivity contribution in [3.05, 3.63) is 48.5 Å².